The molecule has 1 saturated heterocycles. The molecule has 1 unspecified atom stereocenters. The third-order valence-corrected chi connectivity index (χ3v) is 7.26. The van der Waals surface area contributed by atoms with Crippen molar-refractivity contribution in [2.45, 2.75) is 60.5 Å². The maximum Gasteiger partial charge on any atom is 0.242 e. The summed E-state index contributed by atoms with van der Waals surface area (Å²) in [7, 11) is 0. The third kappa shape index (κ3) is 8.99. The number of hydrogen-bond donors (Lipinski definition) is 0. The topological polar surface area (TPSA) is 84.7 Å². The highest BCUT2D eigenvalue weighted by Gasteiger charge is 2.26. The minimum absolute atomic E-state index is 0.0234. The maximum absolute atomic E-state index is 13.9. The summed E-state index contributed by atoms with van der Waals surface area (Å²) in [5, 5.41) is 0. The average molecular weight is 556 g/mol. The van der Waals surface area contributed by atoms with Gasteiger partial charge in [-0.15, -0.1) is 0 Å². The SMILES string of the molecule is Cc1ccc(CN(Cc2ccc3c(c2)OCO3)C(=O)CN(CCN2CCOCC2)C(=O)CC(C)CC(C)(C)C)o1. The van der Waals surface area contributed by atoms with Crippen molar-refractivity contribution in [3.63, 3.8) is 0 Å². The van der Waals surface area contributed by atoms with Gasteiger partial charge in [0.25, 0.3) is 0 Å². The number of morpholine rings is 1. The Hall–Kier alpha value is -3.04. The molecule has 40 heavy (non-hydrogen) atoms. The van der Waals surface area contributed by atoms with Gasteiger partial charge in [0, 0.05) is 39.1 Å². The van der Waals surface area contributed by atoms with E-state index in [-0.39, 0.29) is 36.5 Å². The summed E-state index contributed by atoms with van der Waals surface area (Å²) in [6.07, 6.45) is 1.37. The average Bonchev–Trinajstić information content (AvgIpc) is 3.53. The van der Waals surface area contributed by atoms with E-state index in [4.69, 9.17) is 18.6 Å². The quantitative estimate of drug-likeness (QED) is 0.382. The molecule has 9 nitrogen and oxygen atoms in total. The highest BCUT2D eigenvalue weighted by atomic mass is 16.7. The zero-order valence-corrected chi connectivity index (χ0v) is 24.7. The Labute approximate surface area is 238 Å². The number of fused-ring (bicyclic) bond motifs is 1. The highest BCUT2D eigenvalue weighted by Crippen LogP contribution is 2.33. The molecule has 0 radical (unpaired) electrons. The summed E-state index contributed by atoms with van der Waals surface area (Å²) in [4.78, 5) is 33.3. The first-order valence-electron chi connectivity index (χ1n) is 14.4. The fraction of sp³-hybridized carbons (Fsp3) is 0.613. The molecular weight excluding hydrogens is 510 g/mol. The molecule has 0 bridgehead atoms. The van der Waals surface area contributed by atoms with Gasteiger partial charge in [-0.2, -0.15) is 0 Å². The summed E-state index contributed by atoms with van der Waals surface area (Å²) in [6, 6.07) is 9.51. The Kier molecular flexibility index (Phi) is 10.1. The zero-order valence-electron chi connectivity index (χ0n) is 24.7. The van der Waals surface area contributed by atoms with Crippen LogP contribution in [0.5, 0.6) is 11.5 Å². The largest absolute Gasteiger partial charge is 0.464 e. The normalized spacial score (nSPS) is 16.1. The van der Waals surface area contributed by atoms with Crippen LogP contribution < -0.4 is 9.47 Å². The van der Waals surface area contributed by atoms with Crippen molar-refractivity contribution in [3.8, 4) is 11.5 Å². The molecule has 0 N–H and O–H groups in total. The number of benzene rings is 1. The van der Waals surface area contributed by atoms with Crippen molar-refractivity contribution >= 4 is 11.8 Å². The molecule has 2 amide bonds. The minimum atomic E-state index is -0.120. The Morgan fingerprint density at radius 2 is 1.73 bits per heavy atom. The van der Waals surface area contributed by atoms with Gasteiger partial charge in [0.2, 0.25) is 18.6 Å². The van der Waals surface area contributed by atoms with Gasteiger partial charge in [0.15, 0.2) is 11.5 Å². The second-order valence-corrected chi connectivity index (χ2v) is 12.3. The van der Waals surface area contributed by atoms with Crippen LogP contribution in [0.1, 0.15) is 57.6 Å². The van der Waals surface area contributed by atoms with Gasteiger partial charge in [-0.3, -0.25) is 14.5 Å². The number of carbonyl (C=O) groups excluding carboxylic acids is 2. The lowest BCUT2D eigenvalue weighted by Crippen LogP contribution is -2.47. The number of nitrogens with zero attached hydrogens (tertiary/aromatic N) is 3. The van der Waals surface area contributed by atoms with Crippen molar-refractivity contribution in [1.29, 1.82) is 0 Å². The Balaban J connectivity index is 1.49. The van der Waals surface area contributed by atoms with E-state index in [1.54, 1.807) is 9.80 Å². The van der Waals surface area contributed by atoms with Gasteiger partial charge in [-0.1, -0.05) is 33.8 Å². The van der Waals surface area contributed by atoms with Crippen molar-refractivity contribution in [2.24, 2.45) is 11.3 Å². The number of rotatable bonds is 12. The number of carbonyl (C=O) groups is 2. The van der Waals surface area contributed by atoms with Crippen molar-refractivity contribution in [2.75, 3.05) is 52.7 Å². The van der Waals surface area contributed by atoms with E-state index in [1.165, 1.54) is 0 Å². The van der Waals surface area contributed by atoms with E-state index < -0.39 is 0 Å². The number of hydrogen-bond acceptors (Lipinski definition) is 7. The standard InChI is InChI=1S/C31H45N3O6/c1-23(18-31(3,4)5)16-29(35)33(11-10-32-12-14-37-15-13-32)21-30(36)34(20-26-8-6-24(2)40-26)19-25-7-9-27-28(17-25)39-22-38-27/h6-9,17,23H,10-16,18-22H2,1-5H3. The molecule has 1 aromatic carbocycles. The first-order chi connectivity index (χ1) is 19.1. The van der Waals surface area contributed by atoms with Crippen LogP contribution in [0.15, 0.2) is 34.7 Å². The van der Waals surface area contributed by atoms with Gasteiger partial charge in [0.05, 0.1) is 26.3 Å². The maximum atomic E-state index is 13.9. The molecule has 1 atom stereocenters. The Bertz CT molecular complexity index is 1130. The monoisotopic (exact) mass is 555 g/mol. The molecule has 0 spiro atoms. The molecule has 9 heteroatoms. The number of ether oxygens (including phenoxy) is 3. The van der Waals surface area contributed by atoms with Crippen LogP contribution in [0.2, 0.25) is 0 Å². The molecule has 3 heterocycles. The fourth-order valence-corrected chi connectivity index (χ4v) is 5.44. The molecular formula is C31H45N3O6. The van der Waals surface area contributed by atoms with Gasteiger partial charge in [-0.25, -0.2) is 0 Å². The second kappa shape index (κ2) is 13.5. The predicted octanol–water partition coefficient (Wildman–Crippen LogP) is 4.47. The summed E-state index contributed by atoms with van der Waals surface area (Å²) < 4.78 is 22.3. The molecule has 4 rings (SSSR count). The van der Waals surface area contributed by atoms with Crippen LogP contribution in [0.25, 0.3) is 0 Å². The van der Waals surface area contributed by atoms with Gasteiger partial charge in [0.1, 0.15) is 11.5 Å². The van der Waals surface area contributed by atoms with Crippen molar-refractivity contribution in [1.82, 2.24) is 14.7 Å². The van der Waals surface area contributed by atoms with Crippen LogP contribution in [-0.2, 0) is 27.4 Å². The van der Waals surface area contributed by atoms with Crippen molar-refractivity contribution < 1.29 is 28.2 Å². The Morgan fingerprint density at radius 1 is 0.975 bits per heavy atom. The van der Waals surface area contributed by atoms with E-state index in [2.05, 4.69) is 32.6 Å². The molecule has 2 aliphatic heterocycles. The number of amides is 2. The van der Waals surface area contributed by atoms with Crippen molar-refractivity contribution in [3.05, 3.63) is 47.4 Å². The molecule has 0 saturated carbocycles. The molecule has 1 fully saturated rings. The van der Waals surface area contributed by atoms with Gasteiger partial charge < -0.3 is 28.4 Å². The fourth-order valence-electron chi connectivity index (χ4n) is 5.44. The van der Waals surface area contributed by atoms with Gasteiger partial charge >= 0.3 is 0 Å². The molecule has 2 aromatic rings. The first kappa shape index (κ1) is 29.9. The lowest BCUT2D eigenvalue weighted by atomic mass is 9.84. The summed E-state index contributed by atoms with van der Waals surface area (Å²) in [5.74, 6) is 3.00. The van der Waals surface area contributed by atoms with Crippen LogP contribution in [-0.4, -0.2) is 79.2 Å². The zero-order chi connectivity index (χ0) is 28.7. The summed E-state index contributed by atoms with van der Waals surface area (Å²) in [6.45, 7) is 15.8. The molecule has 220 valence electrons. The predicted molar refractivity (Wildman–Crippen MR) is 152 cm³/mol. The molecule has 1 aromatic heterocycles. The lowest BCUT2D eigenvalue weighted by molar-refractivity contribution is -0.142. The van der Waals surface area contributed by atoms with E-state index in [0.717, 1.165) is 37.4 Å². The summed E-state index contributed by atoms with van der Waals surface area (Å²) in [5.41, 5.74) is 1.06. The van der Waals surface area contributed by atoms with Crippen LogP contribution in [0, 0.1) is 18.3 Å². The van der Waals surface area contributed by atoms with E-state index in [1.807, 2.05) is 37.3 Å². The number of aryl methyl sites for hydroxylation is 1. The first-order valence-corrected chi connectivity index (χ1v) is 14.4. The minimum Gasteiger partial charge on any atom is -0.464 e. The second-order valence-electron chi connectivity index (χ2n) is 12.3. The lowest BCUT2D eigenvalue weighted by Gasteiger charge is -2.32. The van der Waals surface area contributed by atoms with E-state index in [9.17, 15) is 9.59 Å². The van der Waals surface area contributed by atoms with E-state index in [0.29, 0.717) is 56.5 Å². The molecule has 0 aliphatic carbocycles. The smallest absolute Gasteiger partial charge is 0.242 e. The highest BCUT2D eigenvalue weighted by molar-refractivity contribution is 5.85. The van der Waals surface area contributed by atoms with E-state index >= 15 is 0 Å². The molecule has 2 aliphatic rings. The van der Waals surface area contributed by atoms with Crippen LogP contribution >= 0.6 is 0 Å². The number of furan rings is 1. The van der Waals surface area contributed by atoms with Crippen LogP contribution in [0.3, 0.4) is 0 Å². The Morgan fingerprint density at radius 3 is 2.42 bits per heavy atom. The third-order valence-electron chi connectivity index (χ3n) is 7.26. The van der Waals surface area contributed by atoms with Crippen LogP contribution in [0.4, 0.5) is 0 Å². The summed E-state index contributed by atoms with van der Waals surface area (Å²) >= 11 is 0. The van der Waals surface area contributed by atoms with Gasteiger partial charge in [-0.05, 0) is 54.5 Å².